The van der Waals surface area contributed by atoms with Gasteiger partial charge in [0.05, 0.1) is 6.10 Å². The number of aliphatic hydroxyl groups excluding tert-OH is 2. The maximum absolute atomic E-state index is 13.4. The Morgan fingerprint density at radius 3 is 2.34 bits per heavy atom. The van der Waals surface area contributed by atoms with Crippen LogP contribution in [0.5, 0.6) is 28.7 Å². The van der Waals surface area contributed by atoms with Crippen molar-refractivity contribution in [2.24, 2.45) is 0 Å². The minimum atomic E-state index is -1.78. The van der Waals surface area contributed by atoms with Crippen LogP contribution in [0.2, 0.25) is 0 Å². The van der Waals surface area contributed by atoms with Gasteiger partial charge < -0.3 is 49.3 Å². The van der Waals surface area contributed by atoms with Crippen molar-refractivity contribution in [1.29, 1.82) is 0 Å². The molecule has 2 heterocycles. The minimum Gasteiger partial charge on any atom is -0.508 e. The standard InChI is InChI=1S/C23H22O12/c1-8-20(33-9(2)24)18(30)19(31)23(32-8)35-22-17(29)16-14(28)6-11(25)7-15(16)34-21(22)10-3-4-12(26)13(27)5-10/h3-8,18-20,23,25-28,30-31H,1-2H3/t8-,18+,19-,20-,23+/m0/s1. The number of benzene rings is 2. The third-order valence-electron chi connectivity index (χ3n) is 5.47. The molecule has 1 aromatic heterocycles. The smallest absolute Gasteiger partial charge is 0.303 e. The third kappa shape index (κ3) is 4.41. The third-order valence-corrected chi connectivity index (χ3v) is 5.47. The van der Waals surface area contributed by atoms with Gasteiger partial charge in [0, 0.05) is 24.6 Å². The average molecular weight is 490 g/mol. The van der Waals surface area contributed by atoms with Crippen LogP contribution < -0.4 is 10.2 Å². The molecule has 1 aliphatic rings. The number of esters is 1. The minimum absolute atomic E-state index is 0.0498. The molecule has 1 aliphatic heterocycles. The quantitative estimate of drug-likeness (QED) is 0.225. The van der Waals surface area contributed by atoms with E-state index in [-0.39, 0.29) is 22.3 Å². The van der Waals surface area contributed by atoms with E-state index in [1.165, 1.54) is 13.0 Å². The number of rotatable bonds is 4. The summed E-state index contributed by atoms with van der Waals surface area (Å²) in [5.41, 5.74) is -1.10. The summed E-state index contributed by atoms with van der Waals surface area (Å²) >= 11 is 0. The zero-order valence-corrected chi connectivity index (χ0v) is 18.4. The van der Waals surface area contributed by atoms with Gasteiger partial charge in [-0.25, -0.2) is 0 Å². The second-order valence-electron chi connectivity index (χ2n) is 8.01. The second-order valence-corrected chi connectivity index (χ2v) is 8.01. The van der Waals surface area contributed by atoms with Crippen molar-refractivity contribution >= 4 is 16.9 Å². The molecule has 0 unspecified atom stereocenters. The fourth-order valence-electron chi connectivity index (χ4n) is 3.80. The van der Waals surface area contributed by atoms with Gasteiger partial charge in [0.2, 0.25) is 17.5 Å². The largest absolute Gasteiger partial charge is 0.508 e. The summed E-state index contributed by atoms with van der Waals surface area (Å²) in [4.78, 5) is 24.7. The van der Waals surface area contributed by atoms with E-state index >= 15 is 0 Å². The Morgan fingerprint density at radius 1 is 0.971 bits per heavy atom. The predicted octanol–water partition coefficient (Wildman–Crippen LogP) is 1.06. The maximum atomic E-state index is 13.4. The number of aromatic hydroxyl groups is 4. The van der Waals surface area contributed by atoms with Crippen molar-refractivity contribution in [1.82, 2.24) is 0 Å². The van der Waals surface area contributed by atoms with E-state index in [2.05, 4.69) is 0 Å². The lowest BCUT2D eigenvalue weighted by Gasteiger charge is -2.40. The molecular weight excluding hydrogens is 468 g/mol. The molecule has 0 aliphatic carbocycles. The number of aliphatic hydroxyl groups is 2. The van der Waals surface area contributed by atoms with Crippen molar-refractivity contribution in [2.45, 2.75) is 44.6 Å². The summed E-state index contributed by atoms with van der Waals surface area (Å²) in [7, 11) is 0. The van der Waals surface area contributed by atoms with Crippen LogP contribution in [0.1, 0.15) is 13.8 Å². The molecule has 0 saturated carbocycles. The predicted molar refractivity (Wildman–Crippen MR) is 117 cm³/mol. The van der Waals surface area contributed by atoms with E-state index < -0.39 is 70.9 Å². The molecule has 3 aromatic rings. The van der Waals surface area contributed by atoms with Crippen molar-refractivity contribution in [3.8, 4) is 40.1 Å². The van der Waals surface area contributed by atoms with Crippen molar-refractivity contribution < 1.29 is 54.1 Å². The van der Waals surface area contributed by atoms with Gasteiger partial charge in [-0.05, 0) is 25.1 Å². The van der Waals surface area contributed by atoms with Gasteiger partial charge in [-0.2, -0.15) is 0 Å². The first-order valence-electron chi connectivity index (χ1n) is 10.4. The Hall–Kier alpha value is -4.00. The highest BCUT2D eigenvalue weighted by atomic mass is 16.7. The molecule has 1 saturated heterocycles. The van der Waals surface area contributed by atoms with Crippen LogP contribution in [0.3, 0.4) is 0 Å². The lowest BCUT2D eigenvalue weighted by Crippen LogP contribution is -2.59. The first kappa shape index (κ1) is 24.1. The molecule has 12 heteroatoms. The SMILES string of the molecule is CC(=O)O[C@@H]1[C@H](O)[C@H](O)[C@@H](Oc2c(-c3ccc(O)c(O)c3)oc3cc(O)cc(O)c3c2=O)O[C@H]1C. The Labute approximate surface area is 196 Å². The number of carbonyl (C=O) groups is 1. The lowest BCUT2D eigenvalue weighted by atomic mass is 9.99. The number of ether oxygens (including phenoxy) is 3. The van der Waals surface area contributed by atoms with Gasteiger partial charge >= 0.3 is 5.97 Å². The van der Waals surface area contributed by atoms with Gasteiger partial charge in [0.25, 0.3) is 0 Å². The van der Waals surface area contributed by atoms with Gasteiger partial charge in [-0.3, -0.25) is 9.59 Å². The Bertz CT molecular complexity index is 1350. The molecule has 1 fully saturated rings. The summed E-state index contributed by atoms with van der Waals surface area (Å²) in [6, 6.07) is 5.48. The van der Waals surface area contributed by atoms with E-state index in [1.807, 2.05) is 0 Å². The highest BCUT2D eigenvalue weighted by molar-refractivity contribution is 5.88. The Balaban J connectivity index is 1.84. The zero-order chi connectivity index (χ0) is 25.6. The highest BCUT2D eigenvalue weighted by Crippen LogP contribution is 2.39. The van der Waals surface area contributed by atoms with E-state index in [1.54, 1.807) is 0 Å². The van der Waals surface area contributed by atoms with Crippen LogP contribution in [-0.2, 0) is 14.3 Å². The molecule has 6 N–H and O–H groups in total. The maximum Gasteiger partial charge on any atom is 0.303 e. The molecule has 0 spiro atoms. The lowest BCUT2D eigenvalue weighted by molar-refractivity contribution is -0.272. The first-order valence-corrected chi connectivity index (χ1v) is 10.4. The van der Waals surface area contributed by atoms with Crippen LogP contribution in [-0.4, -0.2) is 67.3 Å². The molecule has 4 rings (SSSR count). The van der Waals surface area contributed by atoms with Crippen molar-refractivity contribution in [3.63, 3.8) is 0 Å². The number of phenolic OH excluding ortho intramolecular Hbond substituents is 4. The van der Waals surface area contributed by atoms with Crippen LogP contribution in [0.4, 0.5) is 0 Å². The van der Waals surface area contributed by atoms with E-state index in [0.29, 0.717) is 0 Å². The van der Waals surface area contributed by atoms with E-state index in [4.69, 9.17) is 18.6 Å². The second kappa shape index (κ2) is 8.98. The molecular formula is C23H22O12. The van der Waals surface area contributed by atoms with Gasteiger partial charge in [0.15, 0.2) is 23.4 Å². The fraction of sp³-hybridized carbons (Fsp3) is 0.304. The summed E-state index contributed by atoms with van der Waals surface area (Å²) in [6.45, 7) is 2.58. The van der Waals surface area contributed by atoms with Crippen molar-refractivity contribution in [3.05, 3.63) is 40.6 Å². The first-order chi connectivity index (χ1) is 16.5. The molecule has 0 bridgehead atoms. The molecule has 0 radical (unpaired) electrons. The molecule has 0 amide bonds. The molecule has 35 heavy (non-hydrogen) atoms. The number of carbonyl (C=O) groups excluding carboxylic acids is 1. The topological polar surface area (TPSA) is 196 Å². The monoisotopic (exact) mass is 490 g/mol. The normalized spacial score (nSPS) is 24.3. The number of hydrogen-bond donors (Lipinski definition) is 6. The Kier molecular flexibility index (Phi) is 6.19. The fourth-order valence-corrected chi connectivity index (χ4v) is 3.80. The molecule has 2 aromatic carbocycles. The number of hydrogen-bond acceptors (Lipinski definition) is 12. The molecule has 5 atom stereocenters. The number of phenols is 4. The molecule has 12 nitrogen and oxygen atoms in total. The van der Waals surface area contributed by atoms with Crippen molar-refractivity contribution in [2.75, 3.05) is 0 Å². The van der Waals surface area contributed by atoms with Crippen LogP contribution >= 0.6 is 0 Å². The van der Waals surface area contributed by atoms with E-state index in [0.717, 1.165) is 31.2 Å². The van der Waals surface area contributed by atoms with Crippen LogP contribution in [0.25, 0.3) is 22.3 Å². The highest BCUT2D eigenvalue weighted by Gasteiger charge is 2.46. The summed E-state index contributed by atoms with van der Waals surface area (Å²) in [6.07, 6.45) is -7.22. The van der Waals surface area contributed by atoms with Crippen LogP contribution in [0, 0.1) is 0 Å². The van der Waals surface area contributed by atoms with Gasteiger partial charge in [-0.15, -0.1) is 0 Å². The summed E-state index contributed by atoms with van der Waals surface area (Å²) < 4.78 is 21.9. The van der Waals surface area contributed by atoms with Gasteiger partial charge in [-0.1, -0.05) is 0 Å². The van der Waals surface area contributed by atoms with Crippen LogP contribution in [0.15, 0.2) is 39.5 Å². The molecule has 186 valence electrons. The Morgan fingerprint density at radius 2 is 1.69 bits per heavy atom. The summed E-state index contributed by atoms with van der Waals surface area (Å²) in [5.74, 6) is -3.59. The average Bonchev–Trinajstić information content (AvgIpc) is 2.77. The van der Waals surface area contributed by atoms with Gasteiger partial charge in [0.1, 0.15) is 34.7 Å². The zero-order valence-electron chi connectivity index (χ0n) is 18.4. The number of fused-ring (bicyclic) bond motifs is 1. The summed E-state index contributed by atoms with van der Waals surface area (Å²) in [5, 5.41) is 60.3. The van der Waals surface area contributed by atoms with E-state index in [9.17, 15) is 40.2 Å².